The van der Waals surface area contributed by atoms with Gasteiger partial charge in [-0.1, -0.05) is 55.2 Å². The van der Waals surface area contributed by atoms with Crippen molar-refractivity contribution < 1.29 is 18.8 Å². The van der Waals surface area contributed by atoms with E-state index < -0.39 is 17.5 Å². The zero-order valence-electron chi connectivity index (χ0n) is 37.1. The van der Waals surface area contributed by atoms with Gasteiger partial charge in [0, 0.05) is 101 Å². The Kier molecular flexibility index (Phi) is 14.1. The highest BCUT2D eigenvalue weighted by Crippen LogP contribution is 2.33. The van der Waals surface area contributed by atoms with Gasteiger partial charge in [0.1, 0.15) is 17.4 Å². The number of nitrogens with zero attached hydrogens (tertiary/aromatic N) is 8. The number of carbonyl (C=O) groups is 3. The zero-order valence-corrected chi connectivity index (χ0v) is 37.1. The molecular weight excluding hydrogens is 800 g/mol. The molecule has 1 aromatic heterocycles. The van der Waals surface area contributed by atoms with Gasteiger partial charge in [0.25, 0.3) is 11.5 Å². The van der Waals surface area contributed by atoms with E-state index in [0.717, 1.165) is 80.2 Å². The van der Waals surface area contributed by atoms with Crippen molar-refractivity contribution in [3.8, 4) is 0 Å². The van der Waals surface area contributed by atoms with Gasteiger partial charge in [-0.25, -0.2) is 4.39 Å². The molecule has 0 spiro atoms. The SMILES string of the molecule is Cc1cccc(F)c1CN1CC(c2ccc(N3CCN(CCCCCCCCNC(=O)C4CN(c5ccc6nnn(C7CCC(=O)NC7=O)c(=O)c6c5)C4)CC3)cc2)[C@@H](N(C)C)C1. The summed E-state index contributed by atoms with van der Waals surface area (Å²) in [4.78, 5) is 61.9. The average molecular weight is 863 g/mol. The molecule has 0 saturated carbocycles. The number of imide groups is 1. The zero-order chi connectivity index (χ0) is 44.0. The van der Waals surface area contributed by atoms with E-state index in [2.05, 4.69) is 83.8 Å². The molecule has 0 radical (unpaired) electrons. The second-order valence-electron chi connectivity index (χ2n) is 18.3. The van der Waals surface area contributed by atoms with Crippen LogP contribution in [0.4, 0.5) is 15.8 Å². The Morgan fingerprint density at radius 1 is 0.841 bits per heavy atom. The van der Waals surface area contributed by atoms with Crippen LogP contribution in [0, 0.1) is 18.7 Å². The molecule has 4 fully saturated rings. The number of aromatic nitrogens is 3. The molecule has 0 bridgehead atoms. The lowest BCUT2D eigenvalue weighted by Crippen LogP contribution is -2.54. The fraction of sp³-hybridized carbons (Fsp3) is 0.542. The molecule has 4 saturated heterocycles. The molecular formula is C48H63FN10O4. The van der Waals surface area contributed by atoms with E-state index in [9.17, 15) is 23.6 Å². The lowest BCUT2D eigenvalue weighted by Gasteiger charge is -2.40. The van der Waals surface area contributed by atoms with Gasteiger partial charge in [-0.05, 0) is 94.4 Å². The Bertz CT molecular complexity index is 2290. The van der Waals surface area contributed by atoms with E-state index in [0.29, 0.717) is 49.0 Å². The molecule has 15 heteroatoms. The maximum absolute atomic E-state index is 14.6. The summed E-state index contributed by atoms with van der Waals surface area (Å²) in [5, 5.41) is 13.8. The lowest BCUT2D eigenvalue weighted by molar-refractivity contribution is -0.136. The number of amides is 3. The number of nitrogens with one attached hydrogen (secondary N) is 2. The number of hydrogen-bond donors (Lipinski definition) is 2. The topological polar surface area (TPSA) is 139 Å². The maximum atomic E-state index is 14.6. The number of benzene rings is 3. The van der Waals surface area contributed by atoms with Gasteiger partial charge >= 0.3 is 0 Å². The van der Waals surface area contributed by atoms with Crippen LogP contribution in [-0.4, -0.2) is 133 Å². The van der Waals surface area contributed by atoms with Crippen LogP contribution in [0.15, 0.2) is 65.5 Å². The number of fused-ring (bicyclic) bond motifs is 1. The van der Waals surface area contributed by atoms with E-state index in [4.69, 9.17) is 0 Å². The summed E-state index contributed by atoms with van der Waals surface area (Å²) in [6.07, 6.45) is 7.25. The third-order valence-electron chi connectivity index (χ3n) is 13.8. The van der Waals surface area contributed by atoms with Gasteiger partial charge in [-0.2, -0.15) is 4.68 Å². The van der Waals surface area contributed by atoms with Crippen molar-refractivity contribution in [1.29, 1.82) is 0 Å². The molecule has 8 rings (SSSR count). The van der Waals surface area contributed by atoms with Gasteiger partial charge in [0.2, 0.25) is 11.8 Å². The third-order valence-corrected chi connectivity index (χ3v) is 13.8. The number of hydrogen-bond acceptors (Lipinski definition) is 11. The fourth-order valence-corrected chi connectivity index (χ4v) is 9.84. The van der Waals surface area contributed by atoms with Crippen molar-refractivity contribution >= 4 is 40.0 Å². The molecule has 0 aliphatic carbocycles. The van der Waals surface area contributed by atoms with Crippen LogP contribution < -0.4 is 26.0 Å². The number of rotatable bonds is 17. The molecule has 5 heterocycles. The Labute approximate surface area is 369 Å². The highest BCUT2D eigenvalue weighted by atomic mass is 19.1. The molecule has 3 atom stereocenters. The van der Waals surface area contributed by atoms with Gasteiger partial charge in [0.15, 0.2) is 0 Å². The number of piperazine rings is 1. The maximum Gasteiger partial charge on any atom is 0.278 e. The van der Waals surface area contributed by atoms with Crippen LogP contribution in [-0.2, 0) is 20.9 Å². The Morgan fingerprint density at radius 3 is 2.30 bits per heavy atom. The summed E-state index contributed by atoms with van der Waals surface area (Å²) in [6, 6.07) is 19.5. The average Bonchev–Trinajstić information content (AvgIpc) is 3.69. The van der Waals surface area contributed by atoms with Crippen molar-refractivity contribution in [2.75, 3.05) is 89.3 Å². The summed E-state index contributed by atoms with van der Waals surface area (Å²) in [5.41, 5.74) is 5.30. The second-order valence-corrected chi connectivity index (χ2v) is 18.3. The van der Waals surface area contributed by atoms with E-state index in [-0.39, 0.29) is 36.4 Å². The van der Waals surface area contributed by atoms with Gasteiger partial charge in [0.05, 0.1) is 11.3 Å². The molecule has 4 aromatic rings. The molecule has 3 amide bonds. The quantitative estimate of drug-likeness (QED) is 0.115. The highest BCUT2D eigenvalue weighted by molar-refractivity contribution is 5.99. The molecule has 336 valence electrons. The van der Waals surface area contributed by atoms with Crippen molar-refractivity contribution in [2.24, 2.45) is 5.92 Å². The lowest BCUT2D eigenvalue weighted by atomic mass is 9.93. The number of aryl methyl sites for hydroxylation is 1. The first-order valence-corrected chi connectivity index (χ1v) is 23.0. The smallest absolute Gasteiger partial charge is 0.278 e. The fourth-order valence-electron chi connectivity index (χ4n) is 9.84. The molecule has 3 aromatic carbocycles. The number of carbonyl (C=O) groups excluding carboxylic acids is 3. The van der Waals surface area contributed by atoms with Gasteiger partial charge < -0.3 is 20.0 Å². The largest absolute Gasteiger partial charge is 0.370 e. The monoisotopic (exact) mass is 863 g/mol. The first kappa shape index (κ1) is 44.4. The highest BCUT2D eigenvalue weighted by Gasteiger charge is 2.36. The Morgan fingerprint density at radius 2 is 1.57 bits per heavy atom. The van der Waals surface area contributed by atoms with Gasteiger partial charge in [-0.3, -0.25) is 34.3 Å². The molecule has 2 unspecified atom stereocenters. The van der Waals surface area contributed by atoms with Crippen LogP contribution in [0.5, 0.6) is 0 Å². The third kappa shape index (κ3) is 10.4. The van der Waals surface area contributed by atoms with E-state index in [1.54, 1.807) is 24.3 Å². The summed E-state index contributed by atoms with van der Waals surface area (Å²) in [5.74, 6) is -0.667. The summed E-state index contributed by atoms with van der Waals surface area (Å²) >= 11 is 0. The van der Waals surface area contributed by atoms with E-state index in [1.165, 1.54) is 36.9 Å². The minimum Gasteiger partial charge on any atom is -0.370 e. The van der Waals surface area contributed by atoms with Crippen LogP contribution in [0.3, 0.4) is 0 Å². The minimum atomic E-state index is -0.873. The minimum absolute atomic E-state index is 0.0680. The number of anilines is 2. The number of unbranched alkanes of at least 4 members (excludes halogenated alkanes) is 5. The molecule has 14 nitrogen and oxygen atoms in total. The second kappa shape index (κ2) is 20.1. The first-order valence-electron chi connectivity index (χ1n) is 23.0. The van der Waals surface area contributed by atoms with Crippen molar-refractivity contribution in [3.63, 3.8) is 0 Å². The van der Waals surface area contributed by atoms with Crippen LogP contribution in [0.25, 0.3) is 10.9 Å². The first-order chi connectivity index (χ1) is 30.5. The van der Waals surface area contributed by atoms with E-state index in [1.807, 2.05) is 19.1 Å². The Balaban J connectivity index is 0.678. The van der Waals surface area contributed by atoms with Crippen molar-refractivity contribution in [2.45, 2.75) is 82.8 Å². The number of likely N-dealkylation sites (N-methyl/N-ethyl adjacent to an activating group) is 1. The van der Waals surface area contributed by atoms with Crippen molar-refractivity contribution in [3.05, 3.63) is 93.5 Å². The Hall–Kier alpha value is -5.25. The molecule has 4 aliphatic rings. The number of halogens is 1. The predicted molar refractivity (Wildman–Crippen MR) is 243 cm³/mol. The number of piperidine rings is 1. The molecule has 2 N–H and O–H groups in total. The standard InChI is InChI=1S/C48H63FN10O4/c1-33-11-10-12-41(49)39(33)30-56-31-40(44(32-56)54(2)3)34-13-15-36(16-14-34)57-25-23-55(24-26-57)22-9-7-5-4-6-8-21-50-46(61)35-28-58(29-35)37-17-18-42-38(27-37)48(63)59(53-52-42)43-19-20-45(60)51-47(43)62/h10-18,27,35,40,43-44H,4-9,19-26,28-32H2,1-3H3,(H,50,61)(H,51,60,62)/t40?,43?,44-/m0/s1. The summed E-state index contributed by atoms with van der Waals surface area (Å²) < 4.78 is 15.7. The van der Waals surface area contributed by atoms with Crippen LogP contribution in [0.2, 0.25) is 0 Å². The van der Waals surface area contributed by atoms with Gasteiger partial charge in [-0.15, -0.1) is 5.10 Å². The van der Waals surface area contributed by atoms with Crippen molar-refractivity contribution in [1.82, 2.24) is 40.3 Å². The van der Waals surface area contributed by atoms with E-state index >= 15 is 0 Å². The predicted octanol–water partition coefficient (Wildman–Crippen LogP) is 4.46. The number of likely N-dealkylation sites (tertiary alicyclic amines) is 1. The summed E-state index contributed by atoms with van der Waals surface area (Å²) in [6.45, 7) is 11.7. The molecule has 63 heavy (non-hydrogen) atoms. The van der Waals surface area contributed by atoms with Crippen LogP contribution >= 0.6 is 0 Å². The molecule has 4 aliphatic heterocycles. The summed E-state index contributed by atoms with van der Waals surface area (Å²) in [7, 11) is 4.31. The normalized spacial score (nSPS) is 21.3. The van der Waals surface area contributed by atoms with Crippen LogP contribution in [0.1, 0.15) is 80.0 Å².